The van der Waals surface area contributed by atoms with Crippen LogP contribution in [0.5, 0.6) is 5.75 Å². The SMILES string of the molecule is C=C(C)CNC(=NCC(=O)N(C)C)NCC(c1cccc(OC)c1)N1CCCC1. The molecule has 2 N–H and O–H groups in total. The molecular formula is C22H35N5O2. The Balaban J connectivity index is 2.14. The topological polar surface area (TPSA) is 69.2 Å². The number of aliphatic imine (C=N–C) groups is 1. The molecule has 1 fully saturated rings. The van der Waals surface area contributed by atoms with E-state index < -0.39 is 0 Å². The zero-order chi connectivity index (χ0) is 21.2. The molecule has 7 heteroatoms. The van der Waals surface area contributed by atoms with Crippen LogP contribution in [0.4, 0.5) is 0 Å². The summed E-state index contributed by atoms with van der Waals surface area (Å²) in [6.07, 6.45) is 2.43. The molecule has 0 aliphatic carbocycles. The van der Waals surface area contributed by atoms with E-state index in [2.05, 4.69) is 39.2 Å². The van der Waals surface area contributed by atoms with Crippen molar-refractivity contribution in [2.24, 2.45) is 4.99 Å². The third kappa shape index (κ3) is 7.42. The molecule has 1 aromatic carbocycles. The van der Waals surface area contributed by atoms with Crippen LogP contribution in [0.3, 0.4) is 0 Å². The lowest BCUT2D eigenvalue weighted by Gasteiger charge is -2.29. The fourth-order valence-electron chi connectivity index (χ4n) is 3.25. The number of hydrogen-bond donors (Lipinski definition) is 2. The first-order chi connectivity index (χ1) is 13.9. The second-order valence-electron chi connectivity index (χ2n) is 7.68. The van der Waals surface area contributed by atoms with Crippen LogP contribution in [-0.2, 0) is 4.79 Å². The molecule has 7 nitrogen and oxygen atoms in total. The van der Waals surface area contributed by atoms with Crippen molar-refractivity contribution in [3.05, 3.63) is 42.0 Å². The average molecular weight is 402 g/mol. The van der Waals surface area contributed by atoms with Gasteiger partial charge in [-0.2, -0.15) is 0 Å². The van der Waals surface area contributed by atoms with E-state index in [1.165, 1.54) is 18.4 Å². The first kappa shape index (κ1) is 22.7. The van der Waals surface area contributed by atoms with Gasteiger partial charge in [-0.3, -0.25) is 9.69 Å². The van der Waals surface area contributed by atoms with Crippen molar-refractivity contribution in [1.29, 1.82) is 0 Å². The maximum atomic E-state index is 11.9. The number of amides is 1. The van der Waals surface area contributed by atoms with Gasteiger partial charge in [0, 0.05) is 27.2 Å². The number of carbonyl (C=O) groups excluding carboxylic acids is 1. The summed E-state index contributed by atoms with van der Waals surface area (Å²) in [5.41, 5.74) is 2.21. The molecule has 1 aliphatic rings. The monoisotopic (exact) mass is 401 g/mol. The van der Waals surface area contributed by atoms with E-state index >= 15 is 0 Å². The summed E-state index contributed by atoms with van der Waals surface area (Å²) in [5, 5.41) is 6.69. The van der Waals surface area contributed by atoms with Gasteiger partial charge in [0.05, 0.1) is 13.2 Å². The Morgan fingerprint density at radius 3 is 2.66 bits per heavy atom. The highest BCUT2D eigenvalue weighted by atomic mass is 16.5. The van der Waals surface area contributed by atoms with Crippen molar-refractivity contribution >= 4 is 11.9 Å². The predicted octanol–water partition coefficient (Wildman–Crippen LogP) is 2.03. The van der Waals surface area contributed by atoms with Crippen molar-refractivity contribution in [2.45, 2.75) is 25.8 Å². The predicted molar refractivity (Wildman–Crippen MR) is 118 cm³/mol. The third-order valence-electron chi connectivity index (χ3n) is 4.95. The molecule has 1 saturated heterocycles. The van der Waals surface area contributed by atoms with Crippen LogP contribution in [0, 0.1) is 0 Å². The Morgan fingerprint density at radius 2 is 2.03 bits per heavy atom. The van der Waals surface area contributed by atoms with E-state index in [0.717, 1.165) is 24.4 Å². The number of ether oxygens (including phenoxy) is 1. The summed E-state index contributed by atoms with van der Waals surface area (Å²) in [6, 6.07) is 8.43. The number of likely N-dealkylation sites (N-methyl/N-ethyl adjacent to an activating group) is 1. The Labute approximate surface area is 174 Å². The van der Waals surface area contributed by atoms with Crippen LogP contribution in [-0.4, -0.2) is 75.6 Å². The summed E-state index contributed by atoms with van der Waals surface area (Å²) in [5.74, 6) is 1.44. The first-order valence-electron chi connectivity index (χ1n) is 10.2. The highest BCUT2D eigenvalue weighted by Gasteiger charge is 2.24. The molecule has 0 aromatic heterocycles. The smallest absolute Gasteiger partial charge is 0.243 e. The molecule has 1 amide bonds. The number of nitrogens with zero attached hydrogens (tertiary/aromatic N) is 3. The first-order valence-corrected chi connectivity index (χ1v) is 10.2. The van der Waals surface area contributed by atoms with E-state index in [-0.39, 0.29) is 18.5 Å². The van der Waals surface area contributed by atoms with Gasteiger partial charge >= 0.3 is 0 Å². The minimum atomic E-state index is -0.0367. The van der Waals surface area contributed by atoms with Gasteiger partial charge in [0.1, 0.15) is 12.3 Å². The lowest BCUT2D eigenvalue weighted by molar-refractivity contribution is -0.127. The largest absolute Gasteiger partial charge is 0.497 e. The Bertz CT molecular complexity index is 711. The summed E-state index contributed by atoms with van der Waals surface area (Å²) in [4.78, 5) is 20.4. The Kier molecular flexibility index (Phi) is 8.99. The molecule has 1 aromatic rings. The quantitative estimate of drug-likeness (QED) is 0.376. The molecule has 1 heterocycles. The maximum absolute atomic E-state index is 11.9. The molecule has 160 valence electrons. The van der Waals surface area contributed by atoms with Crippen molar-refractivity contribution in [3.63, 3.8) is 0 Å². The summed E-state index contributed by atoms with van der Waals surface area (Å²) in [7, 11) is 5.16. The highest BCUT2D eigenvalue weighted by Crippen LogP contribution is 2.27. The Hall–Kier alpha value is -2.54. The van der Waals surface area contributed by atoms with E-state index in [0.29, 0.717) is 19.0 Å². The molecule has 0 saturated carbocycles. The minimum absolute atomic E-state index is 0.0367. The molecule has 0 radical (unpaired) electrons. The second kappa shape index (κ2) is 11.5. The van der Waals surface area contributed by atoms with Crippen LogP contribution in [0.2, 0.25) is 0 Å². The lowest BCUT2D eigenvalue weighted by atomic mass is 10.1. The van der Waals surface area contributed by atoms with Gasteiger partial charge < -0.3 is 20.3 Å². The van der Waals surface area contributed by atoms with E-state index in [4.69, 9.17) is 4.74 Å². The van der Waals surface area contributed by atoms with Crippen LogP contribution in [0.25, 0.3) is 0 Å². The number of rotatable bonds is 9. The van der Waals surface area contributed by atoms with Gasteiger partial charge in [-0.25, -0.2) is 4.99 Å². The maximum Gasteiger partial charge on any atom is 0.243 e. The molecular weight excluding hydrogens is 366 g/mol. The molecule has 1 atom stereocenters. The van der Waals surface area contributed by atoms with Gasteiger partial charge in [-0.15, -0.1) is 0 Å². The van der Waals surface area contributed by atoms with Crippen molar-refractivity contribution in [3.8, 4) is 5.75 Å². The number of hydrogen-bond acceptors (Lipinski definition) is 4. The number of guanidine groups is 1. The molecule has 29 heavy (non-hydrogen) atoms. The second-order valence-corrected chi connectivity index (χ2v) is 7.68. The molecule has 1 unspecified atom stereocenters. The van der Waals surface area contributed by atoms with Crippen molar-refractivity contribution in [2.75, 3.05) is 53.9 Å². The molecule has 0 bridgehead atoms. The van der Waals surface area contributed by atoms with Gasteiger partial charge in [0.2, 0.25) is 5.91 Å². The zero-order valence-corrected chi connectivity index (χ0v) is 18.2. The van der Waals surface area contributed by atoms with Crippen LogP contribution >= 0.6 is 0 Å². The average Bonchev–Trinajstić information content (AvgIpc) is 3.23. The fraction of sp³-hybridized carbons (Fsp3) is 0.545. The minimum Gasteiger partial charge on any atom is -0.497 e. The molecule has 0 spiro atoms. The van der Waals surface area contributed by atoms with Crippen molar-refractivity contribution < 1.29 is 9.53 Å². The number of likely N-dealkylation sites (tertiary alicyclic amines) is 1. The van der Waals surface area contributed by atoms with E-state index in [1.54, 1.807) is 26.1 Å². The normalized spacial score (nSPS) is 15.7. The number of carbonyl (C=O) groups is 1. The van der Waals surface area contributed by atoms with Gasteiger partial charge in [0.25, 0.3) is 0 Å². The van der Waals surface area contributed by atoms with Crippen molar-refractivity contribution in [1.82, 2.24) is 20.4 Å². The van der Waals surface area contributed by atoms with Crippen LogP contribution < -0.4 is 15.4 Å². The fourth-order valence-corrected chi connectivity index (χ4v) is 3.25. The van der Waals surface area contributed by atoms with Gasteiger partial charge in [-0.1, -0.05) is 24.3 Å². The van der Waals surface area contributed by atoms with Crippen LogP contribution in [0.15, 0.2) is 41.4 Å². The Morgan fingerprint density at radius 1 is 1.31 bits per heavy atom. The highest BCUT2D eigenvalue weighted by molar-refractivity contribution is 5.84. The third-order valence-corrected chi connectivity index (χ3v) is 4.95. The zero-order valence-electron chi connectivity index (χ0n) is 18.2. The van der Waals surface area contributed by atoms with Gasteiger partial charge in [0.15, 0.2) is 5.96 Å². The van der Waals surface area contributed by atoms with Gasteiger partial charge in [-0.05, 0) is 50.6 Å². The summed E-state index contributed by atoms with van der Waals surface area (Å²) >= 11 is 0. The lowest BCUT2D eigenvalue weighted by Crippen LogP contribution is -2.43. The van der Waals surface area contributed by atoms with E-state index in [9.17, 15) is 4.79 Å². The van der Waals surface area contributed by atoms with E-state index in [1.807, 2.05) is 19.1 Å². The summed E-state index contributed by atoms with van der Waals surface area (Å²) < 4.78 is 5.42. The number of methoxy groups -OCH3 is 1. The van der Waals surface area contributed by atoms with Crippen LogP contribution in [0.1, 0.15) is 31.4 Å². The molecule has 2 rings (SSSR count). The standard InChI is InChI=1S/C22H35N5O2/c1-17(2)14-23-22(25-16-21(28)26(3)4)24-15-20(27-11-6-7-12-27)18-9-8-10-19(13-18)29-5/h8-10,13,20H,1,6-7,11-12,14-16H2,2-5H3,(H2,23,24,25). The number of benzene rings is 1. The molecule has 1 aliphatic heterocycles. The summed E-state index contributed by atoms with van der Waals surface area (Å²) in [6.45, 7) is 9.44. The number of nitrogens with one attached hydrogen (secondary N) is 2.